The Balaban J connectivity index is 1.80. The van der Waals surface area contributed by atoms with E-state index in [9.17, 15) is 14.4 Å². The van der Waals surface area contributed by atoms with Gasteiger partial charge in [0.25, 0.3) is 0 Å². The third-order valence-electron chi connectivity index (χ3n) is 4.39. The van der Waals surface area contributed by atoms with Crippen molar-refractivity contribution in [2.24, 2.45) is 5.92 Å². The highest BCUT2D eigenvalue weighted by molar-refractivity contribution is 5.97. The summed E-state index contributed by atoms with van der Waals surface area (Å²) in [5.74, 6) is 0.316. The van der Waals surface area contributed by atoms with E-state index in [1.54, 1.807) is 19.1 Å². The molecule has 1 aliphatic rings. The van der Waals surface area contributed by atoms with Crippen LogP contribution in [0.25, 0.3) is 0 Å². The maximum Gasteiger partial charge on any atom is 0.247 e. The van der Waals surface area contributed by atoms with Crippen LogP contribution in [0, 0.1) is 5.92 Å². The van der Waals surface area contributed by atoms with Gasteiger partial charge in [-0.3, -0.25) is 14.4 Å². The molecule has 0 unspecified atom stereocenters. The molecule has 2 amide bonds. The normalized spacial score (nSPS) is 16.2. The number of nitrogens with one attached hydrogen (secondary N) is 2. The maximum atomic E-state index is 12.1. The molecule has 1 aromatic heterocycles. The van der Waals surface area contributed by atoms with Crippen LogP contribution >= 0.6 is 0 Å². The number of ketones is 1. The molecule has 0 spiro atoms. The molecule has 24 heavy (non-hydrogen) atoms. The van der Waals surface area contributed by atoms with Gasteiger partial charge in [-0.1, -0.05) is 19.3 Å². The van der Waals surface area contributed by atoms with Gasteiger partial charge in [0.15, 0.2) is 5.78 Å². The van der Waals surface area contributed by atoms with Crippen molar-refractivity contribution in [3.05, 3.63) is 23.9 Å². The molecule has 1 aromatic rings. The summed E-state index contributed by atoms with van der Waals surface area (Å²) in [6.45, 7) is 3.11. The van der Waals surface area contributed by atoms with Gasteiger partial charge in [-0.25, -0.2) is 4.98 Å². The van der Waals surface area contributed by atoms with Crippen LogP contribution in [-0.2, 0) is 9.59 Å². The van der Waals surface area contributed by atoms with Gasteiger partial charge in [0.1, 0.15) is 11.9 Å². The third kappa shape index (κ3) is 5.44. The first kappa shape index (κ1) is 18.1. The maximum absolute atomic E-state index is 12.1. The Hall–Kier alpha value is -2.24. The zero-order chi connectivity index (χ0) is 17.5. The molecule has 0 aromatic carbocycles. The van der Waals surface area contributed by atoms with Crippen LogP contribution in [0.2, 0.25) is 0 Å². The quantitative estimate of drug-likeness (QED) is 0.785. The number of nitrogens with zero attached hydrogens (tertiary/aromatic N) is 1. The number of hydrogen-bond acceptors (Lipinski definition) is 4. The molecule has 2 N–H and O–H groups in total. The number of Topliss-reactive ketones (excluding diaryl/α,β-unsaturated/α-hetero) is 1. The minimum atomic E-state index is -0.629. The molecule has 1 aliphatic carbocycles. The smallest absolute Gasteiger partial charge is 0.247 e. The molecule has 1 atom stereocenters. The molecule has 1 fully saturated rings. The summed E-state index contributed by atoms with van der Waals surface area (Å²) in [5, 5.41) is 5.38. The molecule has 1 heterocycles. The number of carbonyl (C=O) groups excluding carboxylic acids is 3. The van der Waals surface area contributed by atoms with Crippen molar-refractivity contribution in [2.75, 3.05) is 5.32 Å². The van der Waals surface area contributed by atoms with Crippen molar-refractivity contribution >= 4 is 23.4 Å². The van der Waals surface area contributed by atoms with Gasteiger partial charge in [-0.2, -0.15) is 0 Å². The molecule has 1 saturated carbocycles. The fourth-order valence-corrected chi connectivity index (χ4v) is 2.93. The van der Waals surface area contributed by atoms with E-state index in [4.69, 9.17) is 0 Å². The number of carbonyl (C=O) groups is 3. The van der Waals surface area contributed by atoms with E-state index >= 15 is 0 Å². The van der Waals surface area contributed by atoms with E-state index in [0.717, 1.165) is 12.8 Å². The number of anilines is 1. The molecule has 0 radical (unpaired) electrons. The topological polar surface area (TPSA) is 88.2 Å². The minimum absolute atomic E-state index is 0.0792. The lowest BCUT2D eigenvalue weighted by Gasteiger charge is -2.22. The number of pyridine rings is 1. The van der Waals surface area contributed by atoms with Crippen LogP contribution in [-0.4, -0.2) is 28.6 Å². The van der Waals surface area contributed by atoms with E-state index in [2.05, 4.69) is 15.6 Å². The van der Waals surface area contributed by atoms with Crippen molar-refractivity contribution < 1.29 is 14.4 Å². The highest BCUT2D eigenvalue weighted by Gasteiger charge is 2.20. The number of rotatable bonds is 6. The Morgan fingerprint density at radius 1 is 1.21 bits per heavy atom. The molecular formula is C18H25N3O3. The molecule has 130 valence electrons. The zero-order valence-corrected chi connectivity index (χ0v) is 14.3. The molecule has 6 nitrogen and oxygen atoms in total. The summed E-state index contributed by atoms with van der Waals surface area (Å²) in [7, 11) is 0. The van der Waals surface area contributed by atoms with Gasteiger partial charge in [0.05, 0.1) is 0 Å². The SMILES string of the molecule is CC(=O)c1ccc(NC(=O)[C@H](C)NC(=O)CC2CCCCC2)nc1. The molecule has 0 saturated heterocycles. The largest absolute Gasteiger partial charge is 0.345 e. The minimum Gasteiger partial charge on any atom is -0.345 e. The van der Waals surface area contributed by atoms with Crippen LogP contribution in [0.15, 0.2) is 18.3 Å². The van der Waals surface area contributed by atoms with Gasteiger partial charge in [-0.15, -0.1) is 0 Å². The number of aromatic nitrogens is 1. The van der Waals surface area contributed by atoms with E-state index in [1.807, 2.05) is 0 Å². The monoisotopic (exact) mass is 331 g/mol. The average Bonchev–Trinajstić information content (AvgIpc) is 2.56. The highest BCUT2D eigenvalue weighted by atomic mass is 16.2. The third-order valence-corrected chi connectivity index (χ3v) is 4.39. The second-order valence-corrected chi connectivity index (χ2v) is 6.47. The Morgan fingerprint density at radius 3 is 2.50 bits per heavy atom. The van der Waals surface area contributed by atoms with Crippen molar-refractivity contribution in [3.8, 4) is 0 Å². The fraction of sp³-hybridized carbons (Fsp3) is 0.556. The molecule has 6 heteroatoms. The van der Waals surface area contributed by atoms with Crippen LogP contribution < -0.4 is 10.6 Å². The summed E-state index contributed by atoms with van der Waals surface area (Å²) in [6, 6.07) is 2.55. The van der Waals surface area contributed by atoms with Crippen molar-refractivity contribution in [1.82, 2.24) is 10.3 Å². The number of hydrogen-bond donors (Lipinski definition) is 2. The molecule has 0 bridgehead atoms. The standard InChI is InChI=1S/C18H25N3O3/c1-12(20-17(23)10-14-6-4-3-5-7-14)18(24)21-16-9-8-15(11-19-16)13(2)22/h8-9,11-12,14H,3-7,10H2,1-2H3,(H,20,23)(H,19,21,24)/t12-/m0/s1. The first-order chi connectivity index (χ1) is 11.5. The summed E-state index contributed by atoms with van der Waals surface area (Å²) >= 11 is 0. The Morgan fingerprint density at radius 2 is 1.92 bits per heavy atom. The summed E-state index contributed by atoms with van der Waals surface area (Å²) in [4.78, 5) is 39.4. The summed E-state index contributed by atoms with van der Waals surface area (Å²) in [5.41, 5.74) is 0.488. The lowest BCUT2D eigenvalue weighted by atomic mass is 9.87. The first-order valence-electron chi connectivity index (χ1n) is 8.53. The lowest BCUT2D eigenvalue weighted by Crippen LogP contribution is -2.42. The average molecular weight is 331 g/mol. The second kappa shape index (κ2) is 8.57. The highest BCUT2D eigenvalue weighted by Crippen LogP contribution is 2.26. The van der Waals surface area contributed by atoms with Gasteiger partial charge in [0, 0.05) is 18.2 Å². The predicted molar refractivity (Wildman–Crippen MR) is 91.7 cm³/mol. The Bertz CT molecular complexity index is 592. The van der Waals surface area contributed by atoms with E-state index in [0.29, 0.717) is 23.7 Å². The zero-order valence-electron chi connectivity index (χ0n) is 14.3. The summed E-state index contributed by atoms with van der Waals surface area (Å²) < 4.78 is 0. The predicted octanol–water partition coefficient (Wildman–Crippen LogP) is 2.70. The second-order valence-electron chi connectivity index (χ2n) is 6.47. The van der Waals surface area contributed by atoms with Crippen LogP contribution in [0.5, 0.6) is 0 Å². The van der Waals surface area contributed by atoms with Gasteiger partial charge in [0.2, 0.25) is 11.8 Å². The Labute approximate surface area is 142 Å². The lowest BCUT2D eigenvalue weighted by molar-refractivity contribution is -0.127. The Kier molecular flexibility index (Phi) is 6.46. The molecule has 2 rings (SSSR count). The van der Waals surface area contributed by atoms with Gasteiger partial charge >= 0.3 is 0 Å². The van der Waals surface area contributed by atoms with Crippen molar-refractivity contribution in [3.63, 3.8) is 0 Å². The van der Waals surface area contributed by atoms with Gasteiger partial charge in [-0.05, 0) is 44.7 Å². The molecule has 0 aliphatic heterocycles. The van der Waals surface area contributed by atoms with E-state index in [-0.39, 0.29) is 17.6 Å². The van der Waals surface area contributed by atoms with Crippen LogP contribution in [0.3, 0.4) is 0 Å². The van der Waals surface area contributed by atoms with E-state index in [1.165, 1.54) is 32.4 Å². The van der Waals surface area contributed by atoms with Crippen LogP contribution in [0.4, 0.5) is 5.82 Å². The van der Waals surface area contributed by atoms with Crippen molar-refractivity contribution in [2.45, 2.75) is 58.4 Å². The first-order valence-corrected chi connectivity index (χ1v) is 8.53. The van der Waals surface area contributed by atoms with Crippen LogP contribution in [0.1, 0.15) is 62.7 Å². The van der Waals surface area contributed by atoms with Gasteiger partial charge < -0.3 is 10.6 Å². The number of amides is 2. The summed E-state index contributed by atoms with van der Waals surface area (Å²) in [6.07, 6.45) is 7.74. The van der Waals surface area contributed by atoms with E-state index < -0.39 is 6.04 Å². The van der Waals surface area contributed by atoms with Crippen molar-refractivity contribution in [1.29, 1.82) is 0 Å². The fourth-order valence-electron chi connectivity index (χ4n) is 2.93. The molecular weight excluding hydrogens is 306 g/mol.